The third kappa shape index (κ3) is 3.23. The summed E-state index contributed by atoms with van der Waals surface area (Å²) >= 11 is 0. The van der Waals surface area contributed by atoms with Gasteiger partial charge in [0.1, 0.15) is 18.3 Å². The van der Waals surface area contributed by atoms with Crippen LogP contribution in [0.2, 0.25) is 0 Å². The van der Waals surface area contributed by atoms with Crippen LogP contribution in [0.4, 0.5) is 11.4 Å². The van der Waals surface area contributed by atoms with E-state index in [9.17, 15) is 14.9 Å². The number of nitrogens with one attached hydrogen (secondary N) is 1. The van der Waals surface area contributed by atoms with E-state index in [1.165, 1.54) is 35.5 Å². The minimum Gasteiger partial charge on any atom is -0.322 e. The molecule has 0 spiro atoms. The van der Waals surface area contributed by atoms with Gasteiger partial charge in [0.15, 0.2) is 0 Å². The zero-order valence-corrected chi connectivity index (χ0v) is 13.6. The molecule has 3 rings (SSSR count). The molecule has 1 heterocycles. The molecule has 1 N–H and O–H groups in total. The van der Waals surface area contributed by atoms with Gasteiger partial charge in [-0.15, -0.1) is 0 Å². The molecule has 126 valence electrons. The number of nitro benzene ring substituents is 1. The Morgan fingerprint density at radius 1 is 1.24 bits per heavy atom. The quantitative estimate of drug-likeness (QED) is 0.582. The molecule has 0 fully saturated rings. The number of benzene rings is 2. The summed E-state index contributed by atoms with van der Waals surface area (Å²) in [6, 6.07) is 9.81. The van der Waals surface area contributed by atoms with Gasteiger partial charge in [0, 0.05) is 17.3 Å². The molecule has 0 aliphatic carbocycles. The molecule has 0 bridgehead atoms. The first-order valence-corrected chi connectivity index (χ1v) is 7.48. The van der Waals surface area contributed by atoms with Crippen molar-refractivity contribution in [3.05, 3.63) is 75.9 Å². The van der Waals surface area contributed by atoms with Crippen LogP contribution in [0.1, 0.15) is 21.5 Å². The minimum absolute atomic E-state index is 0.191. The van der Waals surface area contributed by atoms with Crippen molar-refractivity contribution in [2.24, 2.45) is 0 Å². The SMILES string of the molecule is Cc1cccc(NC(=O)c2ccc(-n3cncn3)c([N+](=O)[O-])c2)c1C. The van der Waals surface area contributed by atoms with Crippen molar-refractivity contribution in [1.29, 1.82) is 0 Å². The van der Waals surface area contributed by atoms with Gasteiger partial charge in [0.2, 0.25) is 0 Å². The predicted octanol–water partition coefficient (Wildman–Crippen LogP) is 3.04. The van der Waals surface area contributed by atoms with Crippen molar-refractivity contribution in [3.8, 4) is 5.69 Å². The van der Waals surface area contributed by atoms with Crippen LogP contribution in [0.15, 0.2) is 49.1 Å². The highest BCUT2D eigenvalue weighted by Gasteiger charge is 2.19. The maximum atomic E-state index is 12.5. The zero-order chi connectivity index (χ0) is 18.0. The second kappa shape index (κ2) is 6.52. The Morgan fingerprint density at radius 2 is 2.04 bits per heavy atom. The fourth-order valence-electron chi connectivity index (χ4n) is 2.42. The first-order valence-electron chi connectivity index (χ1n) is 7.48. The average molecular weight is 337 g/mol. The summed E-state index contributed by atoms with van der Waals surface area (Å²) in [5, 5.41) is 18.0. The number of hydrogen-bond donors (Lipinski definition) is 1. The van der Waals surface area contributed by atoms with E-state index in [1.54, 1.807) is 6.07 Å². The van der Waals surface area contributed by atoms with Crippen LogP contribution in [0.5, 0.6) is 0 Å². The molecule has 3 aromatic rings. The Hall–Kier alpha value is -3.55. The van der Waals surface area contributed by atoms with E-state index in [0.29, 0.717) is 5.69 Å². The van der Waals surface area contributed by atoms with Crippen LogP contribution >= 0.6 is 0 Å². The molecule has 8 heteroatoms. The van der Waals surface area contributed by atoms with Crippen LogP contribution in [0.3, 0.4) is 0 Å². The molecule has 0 saturated heterocycles. The smallest absolute Gasteiger partial charge is 0.295 e. The second-order valence-electron chi connectivity index (χ2n) is 5.50. The van der Waals surface area contributed by atoms with Crippen molar-refractivity contribution in [3.63, 3.8) is 0 Å². The van der Waals surface area contributed by atoms with Gasteiger partial charge in [0.25, 0.3) is 11.6 Å². The molecule has 25 heavy (non-hydrogen) atoms. The normalized spacial score (nSPS) is 10.5. The Morgan fingerprint density at radius 3 is 2.72 bits per heavy atom. The third-order valence-electron chi connectivity index (χ3n) is 3.95. The Balaban J connectivity index is 1.95. The number of nitrogens with zero attached hydrogens (tertiary/aromatic N) is 4. The van der Waals surface area contributed by atoms with Gasteiger partial charge in [-0.25, -0.2) is 9.67 Å². The van der Waals surface area contributed by atoms with Crippen molar-refractivity contribution in [1.82, 2.24) is 14.8 Å². The first kappa shape index (κ1) is 16.3. The lowest BCUT2D eigenvalue weighted by Gasteiger charge is -2.11. The number of aryl methyl sites for hydroxylation is 1. The lowest BCUT2D eigenvalue weighted by molar-refractivity contribution is -0.384. The van der Waals surface area contributed by atoms with Gasteiger partial charge in [-0.3, -0.25) is 14.9 Å². The maximum absolute atomic E-state index is 12.5. The fourth-order valence-corrected chi connectivity index (χ4v) is 2.42. The number of nitro groups is 1. The highest BCUT2D eigenvalue weighted by atomic mass is 16.6. The van der Waals surface area contributed by atoms with E-state index >= 15 is 0 Å². The van der Waals surface area contributed by atoms with Gasteiger partial charge in [-0.05, 0) is 43.2 Å². The van der Waals surface area contributed by atoms with E-state index in [-0.39, 0.29) is 16.9 Å². The van der Waals surface area contributed by atoms with E-state index in [2.05, 4.69) is 15.4 Å². The second-order valence-corrected chi connectivity index (χ2v) is 5.50. The largest absolute Gasteiger partial charge is 0.322 e. The molecule has 0 saturated carbocycles. The minimum atomic E-state index is -0.550. The summed E-state index contributed by atoms with van der Waals surface area (Å²) in [6.07, 6.45) is 2.64. The molecule has 2 aromatic carbocycles. The van der Waals surface area contributed by atoms with Gasteiger partial charge < -0.3 is 5.32 Å². The molecule has 0 radical (unpaired) electrons. The molecule has 1 amide bonds. The summed E-state index contributed by atoms with van der Waals surface area (Å²) in [5.74, 6) is -0.415. The lowest BCUT2D eigenvalue weighted by Crippen LogP contribution is -2.14. The van der Waals surface area contributed by atoms with Gasteiger partial charge >= 0.3 is 0 Å². The monoisotopic (exact) mass is 337 g/mol. The standard InChI is InChI=1S/C17H15N5O3/c1-11-4-3-5-14(12(11)2)20-17(23)13-6-7-15(16(8-13)22(24)25)21-10-18-9-19-21/h3-10H,1-2H3,(H,20,23). The van der Waals surface area contributed by atoms with Crippen molar-refractivity contribution in [2.45, 2.75) is 13.8 Å². The Kier molecular flexibility index (Phi) is 4.25. The van der Waals surface area contributed by atoms with Crippen LogP contribution in [0.25, 0.3) is 5.69 Å². The number of anilines is 1. The van der Waals surface area contributed by atoms with Gasteiger partial charge in [0.05, 0.1) is 4.92 Å². The van der Waals surface area contributed by atoms with E-state index < -0.39 is 10.8 Å². The van der Waals surface area contributed by atoms with Crippen LogP contribution in [0, 0.1) is 24.0 Å². The lowest BCUT2D eigenvalue weighted by atomic mass is 10.1. The maximum Gasteiger partial charge on any atom is 0.295 e. The summed E-state index contributed by atoms with van der Waals surface area (Å²) in [4.78, 5) is 27.1. The number of aromatic nitrogens is 3. The van der Waals surface area contributed by atoms with Gasteiger partial charge in [-0.2, -0.15) is 5.10 Å². The molecular formula is C17H15N5O3. The number of carbonyl (C=O) groups excluding carboxylic acids is 1. The summed E-state index contributed by atoms with van der Waals surface area (Å²) < 4.78 is 1.28. The van der Waals surface area contributed by atoms with Crippen molar-refractivity contribution >= 4 is 17.3 Å². The van der Waals surface area contributed by atoms with Crippen molar-refractivity contribution in [2.75, 3.05) is 5.32 Å². The molecular weight excluding hydrogens is 322 g/mol. The number of hydrogen-bond acceptors (Lipinski definition) is 5. The van der Waals surface area contributed by atoms with Crippen molar-refractivity contribution < 1.29 is 9.72 Å². The average Bonchev–Trinajstić information content (AvgIpc) is 3.12. The summed E-state index contributed by atoms with van der Waals surface area (Å²) in [7, 11) is 0. The van der Waals surface area contributed by atoms with Gasteiger partial charge in [-0.1, -0.05) is 12.1 Å². The van der Waals surface area contributed by atoms with Crippen LogP contribution in [-0.2, 0) is 0 Å². The molecule has 0 aliphatic rings. The van der Waals surface area contributed by atoms with E-state index in [0.717, 1.165) is 11.1 Å². The predicted molar refractivity (Wildman–Crippen MR) is 91.9 cm³/mol. The highest BCUT2D eigenvalue weighted by molar-refractivity contribution is 6.05. The zero-order valence-electron chi connectivity index (χ0n) is 13.6. The molecule has 0 atom stereocenters. The van der Waals surface area contributed by atoms with Crippen LogP contribution in [-0.4, -0.2) is 25.6 Å². The summed E-state index contributed by atoms with van der Waals surface area (Å²) in [6.45, 7) is 3.85. The topological polar surface area (TPSA) is 103 Å². The molecule has 1 aromatic heterocycles. The summed E-state index contributed by atoms with van der Waals surface area (Å²) in [5.41, 5.74) is 2.88. The fraction of sp³-hybridized carbons (Fsp3) is 0.118. The third-order valence-corrected chi connectivity index (χ3v) is 3.95. The van der Waals surface area contributed by atoms with E-state index in [4.69, 9.17) is 0 Å². The van der Waals surface area contributed by atoms with Crippen LogP contribution < -0.4 is 5.32 Å². The molecule has 8 nitrogen and oxygen atoms in total. The number of amides is 1. The van der Waals surface area contributed by atoms with E-state index in [1.807, 2.05) is 26.0 Å². The Labute approximate surface area is 143 Å². The highest BCUT2D eigenvalue weighted by Crippen LogP contribution is 2.25. The molecule has 0 aliphatic heterocycles. The molecule has 0 unspecified atom stereocenters. The first-order chi connectivity index (χ1) is 12.0. The number of rotatable bonds is 4. The Bertz CT molecular complexity index is 951. The number of carbonyl (C=O) groups is 1.